The molecule has 0 unspecified atom stereocenters. The number of aryl methyl sites for hydroxylation is 1. The summed E-state index contributed by atoms with van der Waals surface area (Å²) in [7, 11) is 0. The Balaban J connectivity index is 3.28. The van der Waals surface area contributed by atoms with Crippen molar-refractivity contribution in [2.45, 2.75) is 25.8 Å². The fourth-order valence-corrected chi connectivity index (χ4v) is 1.40. The van der Waals surface area contributed by atoms with Crippen LogP contribution in [0.2, 0.25) is 0 Å². The molecule has 0 saturated carbocycles. The van der Waals surface area contributed by atoms with Crippen molar-refractivity contribution in [3.05, 3.63) is 28.6 Å². The number of nitrogens with zero attached hydrogens (tertiary/aromatic N) is 1. The van der Waals surface area contributed by atoms with Gasteiger partial charge in [-0.1, -0.05) is 0 Å². The van der Waals surface area contributed by atoms with Gasteiger partial charge >= 0.3 is 0 Å². The van der Waals surface area contributed by atoms with Crippen LogP contribution in [0.5, 0.6) is 0 Å². The third-order valence-corrected chi connectivity index (χ3v) is 2.22. The Kier molecular flexibility index (Phi) is 3.77. The quantitative estimate of drug-likeness (QED) is 0.796. The number of rotatable bonds is 3. The number of hydrogen-bond acceptors (Lipinski definition) is 2. The zero-order valence-corrected chi connectivity index (χ0v) is 8.35. The molecule has 0 atom stereocenters. The van der Waals surface area contributed by atoms with Crippen molar-refractivity contribution >= 4 is 11.6 Å². The van der Waals surface area contributed by atoms with Crippen molar-refractivity contribution in [1.82, 2.24) is 4.98 Å². The fraction of sp³-hybridized carbons (Fsp3) is 0.444. The maximum absolute atomic E-state index is 12.5. The van der Waals surface area contributed by atoms with Gasteiger partial charge in [-0.15, -0.1) is 11.6 Å². The molecule has 0 saturated heterocycles. The Morgan fingerprint density at radius 2 is 2.21 bits per heavy atom. The predicted octanol–water partition coefficient (Wildman–Crippen LogP) is 2.56. The second kappa shape index (κ2) is 4.66. The van der Waals surface area contributed by atoms with Gasteiger partial charge in [0.05, 0.1) is 18.2 Å². The number of aliphatic hydroxyl groups excluding tert-OH is 1. The fourth-order valence-electron chi connectivity index (χ4n) is 1.26. The molecule has 0 aliphatic rings. The zero-order chi connectivity index (χ0) is 10.7. The molecule has 0 bridgehead atoms. The first-order chi connectivity index (χ1) is 6.60. The van der Waals surface area contributed by atoms with E-state index >= 15 is 0 Å². The highest BCUT2D eigenvalue weighted by Gasteiger charge is 2.16. The van der Waals surface area contributed by atoms with E-state index in [1.807, 2.05) is 0 Å². The molecular formula is C9H10ClF2NO. The summed E-state index contributed by atoms with van der Waals surface area (Å²) in [5.41, 5.74) is 0.808. The molecule has 1 aromatic heterocycles. The number of pyridine rings is 1. The van der Waals surface area contributed by atoms with E-state index in [1.165, 1.54) is 6.07 Å². The molecular weight excluding hydrogens is 212 g/mol. The van der Waals surface area contributed by atoms with Crippen LogP contribution in [-0.2, 0) is 12.5 Å². The molecule has 1 N–H and O–H groups in total. The third-order valence-electron chi connectivity index (χ3n) is 1.95. The van der Waals surface area contributed by atoms with Gasteiger partial charge in [-0.25, -0.2) is 8.78 Å². The highest BCUT2D eigenvalue weighted by Crippen LogP contribution is 2.25. The van der Waals surface area contributed by atoms with E-state index in [0.29, 0.717) is 11.4 Å². The molecule has 0 amide bonds. The van der Waals surface area contributed by atoms with Gasteiger partial charge in [0.1, 0.15) is 0 Å². The molecule has 78 valence electrons. The van der Waals surface area contributed by atoms with Gasteiger partial charge in [0.25, 0.3) is 6.43 Å². The van der Waals surface area contributed by atoms with E-state index in [-0.39, 0.29) is 17.0 Å². The van der Waals surface area contributed by atoms with E-state index in [1.54, 1.807) is 6.92 Å². The van der Waals surface area contributed by atoms with Crippen LogP contribution in [0.25, 0.3) is 0 Å². The summed E-state index contributed by atoms with van der Waals surface area (Å²) in [6, 6.07) is 1.23. The maximum Gasteiger partial charge on any atom is 0.264 e. The van der Waals surface area contributed by atoms with Crippen LogP contribution in [0, 0.1) is 6.92 Å². The summed E-state index contributed by atoms with van der Waals surface area (Å²) in [4.78, 5) is 3.98. The Morgan fingerprint density at radius 1 is 1.57 bits per heavy atom. The molecule has 0 aromatic carbocycles. The summed E-state index contributed by atoms with van der Waals surface area (Å²) in [6.45, 7) is 1.15. The Hall–Kier alpha value is -0.740. The summed E-state index contributed by atoms with van der Waals surface area (Å²) in [6.07, 6.45) is -2.61. The largest absolute Gasteiger partial charge is 0.392 e. The minimum Gasteiger partial charge on any atom is -0.392 e. The minimum atomic E-state index is -2.61. The van der Waals surface area contributed by atoms with Crippen molar-refractivity contribution in [1.29, 1.82) is 0 Å². The average Bonchev–Trinajstić information content (AvgIpc) is 2.16. The maximum atomic E-state index is 12.5. The topological polar surface area (TPSA) is 33.1 Å². The summed E-state index contributed by atoms with van der Waals surface area (Å²) in [5, 5.41) is 8.91. The highest BCUT2D eigenvalue weighted by molar-refractivity contribution is 6.16. The van der Waals surface area contributed by atoms with E-state index in [9.17, 15) is 8.78 Å². The van der Waals surface area contributed by atoms with Crippen LogP contribution >= 0.6 is 11.6 Å². The minimum absolute atomic E-state index is 0.0896. The van der Waals surface area contributed by atoms with E-state index in [2.05, 4.69) is 4.98 Å². The molecule has 0 aliphatic carbocycles. The lowest BCUT2D eigenvalue weighted by molar-refractivity contribution is 0.146. The lowest BCUT2D eigenvalue weighted by atomic mass is 10.1. The molecule has 0 spiro atoms. The summed E-state index contributed by atoms with van der Waals surface area (Å²) < 4.78 is 25.1. The van der Waals surface area contributed by atoms with Gasteiger partial charge in [-0.2, -0.15) is 0 Å². The molecule has 0 radical (unpaired) electrons. The van der Waals surface area contributed by atoms with E-state index in [4.69, 9.17) is 16.7 Å². The standard InChI is InChI=1S/C9H10ClF2NO/c1-5-8(4-14)7(9(11)12)2-6(3-10)13-5/h2,9,14H,3-4H2,1H3. The van der Waals surface area contributed by atoms with Gasteiger partial charge in [0.15, 0.2) is 0 Å². The van der Waals surface area contributed by atoms with Crippen molar-refractivity contribution in [3.8, 4) is 0 Å². The van der Waals surface area contributed by atoms with Crippen LogP contribution in [0.1, 0.15) is 28.9 Å². The zero-order valence-electron chi connectivity index (χ0n) is 7.60. The highest BCUT2D eigenvalue weighted by atomic mass is 35.5. The second-order valence-electron chi connectivity index (χ2n) is 2.86. The first-order valence-corrected chi connectivity index (χ1v) is 4.57. The number of alkyl halides is 3. The molecule has 2 nitrogen and oxygen atoms in total. The second-order valence-corrected chi connectivity index (χ2v) is 3.13. The lowest BCUT2D eigenvalue weighted by Gasteiger charge is -2.10. The number of aliphatic hydroxyl groups is 1. The molecule has 0 fully saturated rings. The van der Waals surface area contributed by atoms with Crippen molar-refractivity contribution in [2.24, 2.45) is 0 Å². The monoisotopic (exact) mass is 221 g/mol. The van der Waals surface area contributed by atoms with Crippen LogP contribution < -0.4 is 0 Å². The van der Waals surface area contributed by atoms with Crippen LogP contribution in [0.4, 0.5) is 8.78 Å². The molecule has 1 rings (SSSR count). The molecule has 14 heavy (non-hydrogen) atoms. The number of aromatic nitrogens is 1. The SMILES string of the molecule is Cc1nc(CCl)cc(C(F)F)c1CO. The van der Waals surface area contributed by atoms with Gasteiger partial charge in [-0.05, 0) is 13.0 Å². The van der Waals surface area contributed by atoms with Crippen molar-refractivity contribution < 1.29 is 13.9 Å². The van der Waals surface area contributed by atoms with Crippen LogP contribution in [-0.4, -0.2) is 10.1 Å². The van der Waals surface area contributed by atoms with Crippen LogP contribution in [0.3, 0.4) is 0 Å². The smallest absolute Gasteiger partial charge is 0.264 e. The molecule has 1 aromatic rings. The van der Waals surface area contributed by atoms with Crippen molar-refractivity contribution in [2.75, 3.05) is 0 Å². The first kappa shape index (κ1) is 11.3. The third kappa shape index (κ3) is 2.19. The molecule has 5 heteroatoms. The number of hydrogen-bond donors (Lipinski definition) is 1. The van der Waals surface area contributed by atoms with E-state index < -0.39 is 13.0 Å². The van der Waals surface area contributed by atoms with E-state index in [0.717, 1.165) is 0 Å². The number of halogens is 3. The molecule has 0 aliphatic heterocycles. The van der Waals surface area contributed by atoms with Gasteiger partial charge in [0.2, 0.25) is 0 Å². The van der Waals surface area contributed by atoms with Crippen LogP contribution in [0.15, 0.2) is 6.07 Å². The Labute approximate surface area is 85.5 Å². The first-order valence-electron chi connectivity index (χ1n) is 4.04. The Morgan fingerprint density at radius 3 is 2.64 bits per heavy atom. The Bertz CT molecular complexity index is 331. The van der Waals surface area contributed by atoms with Gasteiger partial charge in [-0.3, -0.25) is 4.98 Å². The average molecular weight is 222 g/mol. The molecule has 1 heterocycles. The van der Waals surface area contributed by atoms with Gasteiger partial charge < -0.3 is 5.11 Å². The predicted molar refractivity (Wildman–Crippen MR) is 49.4 cm³/mol. The van der Waals surface area contributed by atoms with Crippen molar-refractivity contribution in [3.63, 3.8) is 0 Å². The summed E-state index contributed by atoms with van der Waals surface area (Å²) in [5.74, 6) is 0.0896. The summed E-state index contributed by atoms with van der Waals surface area (Å²) >= 11 is 5.50. The lowest BCUT2D eigenvalue weighted by Crippen LogP contribution is -2.03. The van der Waals surface area contributed by atoms with Gasteiger partial charge in [0, 0.05) is 16.8 Å². The normalized spacial score (nSPS) is 11.0.